The third-order valence-corrected chi connectivity index (χ3v) is 4.62. The quantitative estimate of drug-likeness (QED) is 0.622. The van der Waals surface area contributed by atoms with Crippen LogP contribution in [0.2, 0.25) is 5.02 Å². The smallest absolute Gasteiger partial charge is 0.288 e. The monoisotopic (exact) mass is 300 g/mol. The Hall–Kier alpha value is -1.27. The molecular formula is C12H13ClN2O3S. The third-order valence-electron chi connectivity index (χ3n) is 3.03. The van der Waals surface area contributed by atoms with Crippen molar-refractivity contribution in [2.45, 2.75) is 13.0 Å². The van der Waals surface area contributed by atoms with Gasteiger partial charge in [0.05, 0.1) is 10.5 Å². The average molecular weight is 301 g/mol. The molecule has 1 amide bonds. The molecule has 0 bridgehead atoms. The molecule has 0 saturated carbocycles. The Labute approximate surface area is 120 Å². The van der Waals surface area contributed by atoms with Crippen molar-refractivity contribution < 1.29 is 9.72 Å². The fourth-order valence-electron chi connectivity index (χ4n) is 2.01. The first-order valence-corrected chi connectivity index (χ1v) is 7.37. The molecule has 1 aliphatic heterocycles. The highest BCUT2D eigenvalue weighted by molar-refractivity contribution is 7.99. The van der Waals surface area contributed by atoms with E-state index < -0.39 is 4.92 Å². The van der Waals surface area contributed by atoms with E-state index in [1.54, 1.807) is 16.7 Å². The summed E-state index contributed by atoms with van der Waals surface area (Å²) in [7, 11) is 0. The minimum absolute atomic E-state index is 0.0806. The summed E-state index contributed by atoms with van der Waals surface area (Å²) >= 11 is 7.77. The summed E-state index contributed by atoms with van der Waals surface area (Å²) in [6.07, 6.45) is 0. The van der Waals surface area contributed by atoms with E-state index in [-0.39, 0.29) is 28.2 Å². The first-order valence-electron chi connectivity index (χ1n) is 5.84. The van der Waals surface area contributed by atoms with E-state index >= 15 is 0 Å². The summed E-state index contributed by atoms with van der Waals surface area (Å²) in [5, 5.41) is 10.7. The number of hydrogen-bond donors (Lipinski definition) is 0. The SMILES string of the molecule is CC1CSCCN1C(=O)c1cccc([N+](=O)[O-])c1Cl. The molecule has 1 aliphatic rings. The summed E-state index contributed by atoms with van der Waals surface area (Å²) in [6.45, 7) is 2.61. The molecule has 19 heavy (non-hydrogen) atoms. The lowest BCUT2D eigenvalue weighted by molar-refractivity contribution is -0.384. The van der Waals surface area contributed by atoms with Gasteiger partial charge in [0.15, 0.2) is 0 Å². The Morgan fingerprint density at radius 1 is 1.58 bits per heavy atom. The first-order chi connectivity index (χ1) is 9.02. The van der Waals surface area contributed by atoms with Crippen molar-refractivity contribution in [3.63, 3.8) is 0 Å². The number of hydrogen-bond acceptors (Lipinski definition) is 4. The van der Waals surface area contributed by atoms with E-state index in [0.717, 1.165) is 11.5 Å². The van der Waals surface area contributed by atoms with E-state index in [1.165, 1.54) is 18.2 Å². The van der Waals surface area contributed by atoms with Crippen LogP contribution in [0.15, 0.2) is 18.2 Å². The number of halogens is 1. The lowest BCUT2D eigenvalue weighted by atomic mass is 10.1. The first kappa shape index (κ1) is 14.1. The maximum absolute atomic E-state index is 12.4. The molecule has 5 nitrogen and oxygen atoms in total. The number of benzene rings is 1. The summed E-state index contributed by atoms with van der Waals surface area (Å²) < 4.78 is 0. The third kappa shape index (κ3) is 2.84. The van der Waals surface area contributed by atoms with Crippen LogP contribution < -0.4 is 0 Å². The molecular weight excluding hydrogens is 288 g/mol. The Morgan fingerprint density at radius 3 is 2.95 bits per heavy atom. The molecule has 1 aromatic rings. The number of carbonyl (C=O) groups is 1. The topological polar surface area (TPSA) is 63.5 Å². The maximum Gasteiger partial charge on any atom is 0.288 e. The van der Waals surface area contributed by atoms with Gasteiger partial charge in [-0.25, -0.2) is 0 Å². The summed E-state index contributed by atoms with van der Waals surface area (Å²) in [5.41, 5.74) is -0.0267. The van der Waals surface area contributed by atoms with Crippen LogP contribution in [-0.4, -0.2) is 39.8 Å². The molecule has 1 fully saturated rings. The minimum atomic E-state index is -0.575. The lowest BCUT2D eigenvalue weighted by Crippen LogP contribution is -2.44. The number of nitro groups is 1. The maximum atomic E-state index is 12.4. The van der Waals surface area contributed by atoms with Gasteiger partial charge >= 0.3 is 0 Å². The van der Waals surface area contributed by atoms with Crippen LogP contribution >= 0.6 is 23.4 Å². The van der Waals surface area contributed by atoms with Gasteiger partial charge in [0.1, 0.15) is 5.02 Å². The van der Waals surface area contributed by atoms with E-state index in [1.807, 2.05) is 6.92 Å². The van der Waals surface area contributed by atoms with Crippen LogP contribution in [0.4, 0.5) is 5.69 Å². The fraction of sp³-hybridized carbons (Fsp3) is 0.417. The van der Waals surface area contributed by atoms with Gasteiger partial charge < -0.3 is 4.90 Å². The fourth-order valence-corrected chi connectivity index (χ4v) is 3.30. The molecule has 2 rings (SSSR count). The van der Waals surface area contributed by atoms with E-state index in [9.17, 15) is 14.9 Å². The van der Waals surface area contributed by atoms with Crippen molar-refractivity contribution in [3.05, 3.63) is 38.9 Å². The second kappa shape index (κ2) is 5.79. The van der Waals surface area contributed by atoms with Crippen molar-refractivity contribution >= 4 is 35.0 Å². The zero-order valence-electron chi connectivity index (χ0n) is 10.3. The van der Waals surface area contributed by atoms with Gasteiger partial charge in [-0.1, -0.05) is 17.7 Å². The van der Waals surface area contributed by atoms with Crippen molar-refractivity contribution in [2.24, 2.45) is 0 Å². The van der Waals surface area contributed by atoms with E-state index in [0.29, 0.717) is 6.54 Å². The van der Waals surface area contributed by atoms with Crippen molar-refractivity contribution in [2.75, 3.05) is 18.1 Å². The molecule has 102 valence electrons. The zero-order valence-corrected chi connectivity index (χ0v) is 11.9. The van der Waals surface area contributed by atoms with Gasteiger partial charge in [-0.3, -0.25) is 14.9 Å². The number of amides is 1. The molecule has 0 aliphatic carbocycles. The molecule has 0 spiro atoms. The van der Waals surface area contributed by atoms with Gasteiger partial charge in [-0.15, -0.1) is 0 Å². The van der Waals surface area contributed by atoms with Crippen LogP contribution in [0.25, 0.3) is 0 Å². The average Bonchev–Trinajstić information content (AvgIpc) is 2.38. The molecule has 7 heteroatoms. The number of nitrogens with zero attached hydrogens (tertiary/aromatic N) is 2. The molecule has 0 aromatic heterocycles. The summed E-state index contributed by atoms with van der Waals surface area (Å²) in [6, 6.07) is 4.43. The van der Waals surface area contributed by atoms with E-state index in [2.05, 4.69) is 0 Å². The number of thioether (sulfide) groups is 1. The molecule has 1 heterocycles. The van der Waals surface area contributed by atoms with Gasteiger partial charge in [0.2, 0.25) is 0 Å². The van der Waals surface area contributed by atoms with Crippen molar-refractivity contribution in [3.8, 4) is 0 Å². The van der Waals surface area contributed by atoms with Crippen LogP contribution in [0.1, 0.15) is 17.3 Å². The van der Waals surface area contributed by atoms with Gasteiger partial charge in [0, 0.05) is 30.2 Å². The molecule has 1 atom stereocenters. The van der Waals surface area contributed by atoms with Gasteiger partial charge in [-0.2, -0.15) is 11.8 Å². The highest BCUT2D eigenvalue weighted by atomic mass is 35.5. The van der Waals surface area contributed by atoms with Crippen LogP contribution in [-0.2, 0) is 0 Å². The standard InChI is InChI=1S/C12H13ClN2O3S/c1-8-7-19-6-5-14(8)12(16)9-3-2-4-10(11(9)13)15(17)18/h2-4,8H,5-7H2,1H3. The minimum Gasteiger partial charge on any atom is -0.334 e. The van der Waals surface area contributed by atoms with Crippen LogP contribution in [0, 0.1) is 10.1 Å². The van der Waals surface area contributed by atoms with Gasteiger partial charge in [0.25, 0.3) is 11.6 Å². The molecule has 1 unspecified atom stereocenters. The molecule has 1 aromatic carbocycles. The van der Waals surface area contributed by atoms with Gasteiger partial charge in [-0.05, 0) is 13.0 Å². The predicted molar refractivity (Wildman–Crippen MR) is 75.9 cm³/mol. The largest absolute Gasteiger partial charge is 0.334 e. The summed E-state index contributed by atoms with van der Waals surface area (Å²) in [5.74, 6) is 1.52. The number of carbonyl (C=O) groups excluding carboxylic acids is 1. The Bertz CT molecular complexity index is 524. The van der Waals surface area contributed by atoms with Crippen LogP contribution in [0.3, 0.4) is 0 Å². The Balaban J connectivity index is 2.33. The Morgan fingerprint density at radius 2 is 2.32 bits per heavy atom. The van der Waals surface area contributed by atoms with Crippen molar-refractivity contribution in [1.29, 1.82) is 0 Å². The van der Waals surface area contributed by atoms with Crippen molar-refractivity contribution in [1.82, 2.24) is 4.90 Å². The second-order valence-corrected chi connectivity index (χ2v) is 5.85. The zero-order chi connectivity index (χ0) is 14.0. The van der Waals surface area contributed by atoms with E-state index in [4.69, 9.17) is 11.6 Å². The normalized spacial score (nSPS) is 19.3. The Kier molecular flexibility index (Phi) is 4.31. The highest BCUT2D eigenvalue weighted by Crippen LogP contribution is 2.29. The predicted octanol–water partition coefficient (Wildman–Crippen LogP) is 2.83. The molecule has 1 saturated heterocycles. The molecule has 0 radical (unpaired) electrons. The second-order valence-electron chi connectivity index (χ2n) is 4.32. The highest BCUT2D eigenvalue weighted by Gasteiger charge is 2.28. The lowest BCUT2D eigenvalue weighted by Gasteiger charge is -2.33. The molecule has 0 N–H and O–H groups in total. The number of nitro benzene ring substituents is 1. The summed E-state index contributed by atoms with van der Waals surface area (Å²) in [4.78, 5) is 24.4. The van der Waals surface area contributed by atoms with Crippen LogP contribution in [0.5, 0.6) is 0 Å². The number of rotatable bonds is 2.